The summed E-state index contributed by atoms with van der Waals surface area (Å²) < 4.78 is 99.5. The minimum atomic E-state index is -5.08. The summed E-state index contributed by atoms with van der Waals surface area (Å²) in [4.78, 5) is 20.9. The smallest absolute Gasteiger partial charge is 0.416 e. The molecule has 1 atom stereocenters. The summed E-state index contributed by atoms with van der Waals surface area (Å²) in [5.74, 6) is -1.58. The second kappa shape index (κ2) is 13.7. The maximum atomic E-state index is 14.0. The van der Waals surface area contributed by atoms with E-state index in [-0.39, 0.29) is 56.1 Å². The van der Waals surface area contributed by atoms with E-state index in [4.69, 9.17) is 4.74 Å². The van der Waals surface area contributed by atoms with Crippen molar-refractivity contribution in [3.8, 4) is 5.75 Å². The molecule has 224 valence electrons. The normalized spacial score (nSPS) is 16.0. The van der Waals surface area contributed by atoms with E-state index in [0.29, 0.717) is 30.8 Å². The molecule has 1 aromatic heterocycles. The van der Waals surface area contributed by atoms with Crippen LogP contribution in [0.25, 0.3) is 0 Å². The summed E-state index contributed by atoms with van der Waals surface area (Å²) in [5.41, 5.74) is -2.35. The van der Waals surface area contributed by atoms with Gasteiger partial charge >= 0.3 is 12.4 Å². The van der Waals surface area contributed by atoms with Crippen LogP contribution in [0.2, 0.25) is 0 Å². The number of ether oxygens (including phenoxy) is 1. The fraction of sp³-hybridized carbons (Fsp3) is 0.333. The molecule has 3 aromatic rings. The number of rotatable bonds is 6. The lowest BCUT2D eigenvalue weighted by Gasteiger charge is -2.42. The van der Waals surface area contributed by atoms with Gasteiger partial charge in [0, 0.05) is 50.2 Å². The van der Waals surface area contributed by atoms with Crippen LogP contribution in [0.15, 0.2) is 60.9 Å². The number of pyridine rings is 1. The summed E-state index contributed by atoms with van der Waals surface area (Å²) in [6, 6.07) is 8.01. The predicted molar refractivity (Wildman–Crippen MR) is 142 cm³/mol. The van der Waals surface area contributed by atoms with E-state index in [2.05, 4.69) is 4.98 Å². The molecule has 0 radical (unpaired) electrons. The average molecular weight is 628 g/mol. The fourth-order valence-corrected chi connectivity index (χ4v) is 4.60. The number of piperazine rings is 1. The highest BCUT2D eigenvalue weighted by atomic mass is 35.5. The van der Waals surface area contributed by atoms with Crippen LogP contribution in [0.1, 0.15) is 32.6 Å². The third kappa shape index (κ3) is 8.46. The zero-order valence-corrected chi connectivity index (χ0v) is 23.1. The van der Waals surface area contributed by atoms with Crippen LogP contribution in [-0.4, -0.2) is 53.5 Å². The lowest BCUT2D eigenvalue weighted by Crippen LogP contribution is -2.55. The lowest BCUT2D eigenvalue weighted by molar-refractivity contribution is -0.143. The highest BCUT2D eigenvalue weighted by Crippen LogP contribution is 2.37. The van der Waals surface area contributed by atoms with Crippen LogP contribution >= 0.6 is 24.8 Å². The van der Waals surface area contributed by atoms with Gasteiger partial charge in [-0.1, -0.05) is 12.1 Å². The van der Waals surface area contributed by atoms with E-state index in [1.54, 1.807) is 18.5 Å². The van der Waals surface area contributed by atoms with E-state index in [9.17, 15) is 35.5 Å². The monoisotopic (exact) mass is 627 g/mol. The zero-order chi connectivity index (χ0) is 28.4. The van der Waals surface area contributed by atoms with Crippen LogP contribution in [0, 0.1) is 5.82 Å². The summed E-state index contributed by atoms with van der Waals surface area (Å²) >= 11 is 0. The maximum absolute atomic E-state index is 14.0. The second-order valence-corrected chi connectivity index (χ2v) is 9.22. The first-order valence-corrected chi connectivity index (χ1v) is 11.9. The highest BCUT2D eigenvalue weighted by Gasteiger charge is 2.39. The summed E-state index contributed by atoms with van der Waals surface area (Å²) in [7, 11) is 1.29. The minimum Gasteiger partial charge on any atom is -0.494 e. The molecule has 2 aromatic carbocycles. The van der Waals surface area contributed by atoms with Crippen LogP contribution < -0.4 is 4.74 Å². The molecule has 1 saturated heterocycles. The maximum Gasteiger partial charge on any atom is 0.416 e. The molecule has 1 fully saturated rings. The standard InChI is InChI=1S/C27H24F7N3O2.2ClH/c1-39-24-10-17(4-5-23(24)28)9-22-16-36(15-18-3-2-6-35-14-18)7-8-37(22)25(38)19-11-20(26(29,30)31)13-21(12-19)27(32,33)34;;/h2-6,10-14,22H,7-9,15-16H2,1H3;2*1H/t22-;;/m1../s1. The number of aromatic nitrogens is 1. The van der Waals surface area contributed by atoms with Gasteiger partial charge in [-0.3, -0.25) is 14.7 Å². The Labute approximate surface area is 244 Å². The molecular weight excluding hydrogens is 602 g/mol. The molecule has 14 heteroatoms. The number of nitrogens with zero attached hydrogens (tertiary/aromatic N) is 3. The number of alkyl halides is 6. The van der Waals surface area contributed by atoms with Crippen LogP contribution in [-0.2, 0) is 25.3 Å². The Morgan fingerprint density at radius 2 is 1.61 bits per heavy atom. The van der Waals surface area contributed by atoms with E-state index in [1.165, 1.54) is 30.2 Å². The number of hydrogen-bond donors (Lipinski definition) is 0. The fourth-order valence-electron chi connectivity index (χ4n) is 4.60. The molecule has 0 saturated carbocycles. The molecule has 0 aliphatic carbocycles. The van der Waals surface area contributed by atoms with Crippen molar-refractivity contribution in [3.63, 3.8) is 0 Å². The molecule has 0 spiro atoms. The quantitative estimate of drug-likeness (QED) is 0.286. The minimum absolute atomic E-state index is 0. The first-order chi connectivity index (χ1) is 18.3. The molecule has 5 nitrogen and oxygen atoms in total. The summed E-state index contributed by atoms with van der Waals surface area (Å²) in [6.45, 7) is 1.13. The Hall–Kier alpha value is -3.09. The van der Waals surface area contributed by atoms with Crippen molar-refractivity contribution in [2.75, 3.05) is 26.7 Å². The Morgan fingerprint density at radius 1 is 0.951 bits per heavy atom. The topological polar surface area (TPSA) is 45.7 Å². The average Bonchev–Trinajstić information content (AvgIpc) is 2.89. The van der Waals surface area contributed by atoms with Gasteiger partial charge in [-0.2, -0.15) is 26.3 Å². The molecule has 1 aliphatic rings. The molecule has 1 aliphatic heterocycles. The van der Waals surface area contributed by atoms with Gasteiger partial charge in [0.2, 0.25) is 0 Å². The summed E-state index contributed by atoms with van der Waals surface area (Å²) in [5, 5.41) is 0. The van der Waals surface area contributed by atoms with Crippen LogP contribution in [0.5, 0.6) is 5.75 Å². The number of hydrogen-bond acceptors (Lipinski definition) is 4. The van der Waals surface area contributed by atoms with Gasteiger partial charge in [0.15, 0.2) is 11.6 Å². The Bertz CT molecular complexity index is 1290. The van der Waals surface area contributed by atoms with Crippen molar-refractivity contribution in [1.29, 1.82) is 0 Å². The number of halogens is 9. The van der Waals surface area contributed by atoms with Crippen molar-refractivity contribution in [2.45, 2.75) is 31.4 Å². The Balaban J connectivity index is 0.00000294. The third-order valence-electron chi connectivity index (χ3n) is 6.48. The van der Waals surface area contributed by atoms with Gasteiger partial charge in [0.25, 0.3) is 5.91 Å². The van der Waals surface area contributed by atoms with Crippen LogP contribution in [0.4, 0.5) is 30.7 Å². The molecule has 41 heavy (non-hydrogen) atoms. The van der Waals surface area contributed by atoms with Crippen molar-refractivity contribution in [1.82, 2.24) is 14.8 Å². The van der Waals surface area contributed by atoms with E-state index in [1.807, 2.05) is 11.0 Å². The predicted octanol–water partition coefficient (Wildman–Crippen LogP) is 6.68. The number of methoxy groups -OCH3 is 1. The Kier molecular flexibility index (Phi) is 11.4. The van der Waals surface area contributed by atoms with E-state index in [0.717, 1.165) is 5.56 Å². The van der Waals surface area contributed by atoms with E-state index >= 15 is 0 Å². The van der Waals surface area contributed by atoms with Gasteiger partial charge in [-0.25, -0.2) is 4.39 Å². The number of amides is 1. The zero-order valence-electron chi connectivity index (χ0n) is 21.5. The van der Waals surface area contributed by atoms with Gasteiger partial charge < -0.3 is 9.64 Å². The molecule has 0 unspecified atom stereocenters. The lowest BCUT2D eigenvalue weighted by atomic mass is 9.98. The Morgan fingerprint density at radius 3 is 2.17 bits per heavy atom. The first-order valence-electron chi connectivity index (χ1n) is 11.9. The second-order valence-electron chi connectivity index (χ2n) is 9.22. The van der Waals surface area contributed by atoms with Gasteiger partial charge in [-0.15, -0.1) is 24.8 Å². The largest absolute Gasteiger partial charge is 0.494 e. The van der Waals surface area contributed by atoms with Gasteiger partial charge in [0.05, 0.1) is 18.2 Å². The van der Waals surface area contributed by atoms with Crippen LogP contribution in [0.3, 0.4) is 0 Å². The molecule has 4 rings (SSSR count). The number of carbonyl (C=O) groups is 1. The summed E-state index contributed by atoms with van der Waals surface area (Å²) in [6.07, 6.45) is -6.70. The highest BCUT2D eigenvalue weighted by molar-refractivity contribution is 5.95. The van der Waals surface area contributed by atoms with E-state index < -0.39 is 46.8 Å². The molecule has 1 amide bonds. The third-order valence-corrected chi connectivity index (χ3v) is 6.48. The van der Waals surface area contributed by atoms with Gasteiger partial charge in [-0.05, 0) is 53.9 Å². The van der Waals surface area contributed by atoms with Gasteiger partial charge in [0.1, 0.15) is 0 Å². The SMILES string of the molecule is COc1cc(C[C@@H]2CN(Cc3cccnc3)CCN2C(=O)c2cc(C(F)(F)F)cc(C(F)(F)F)c2)ccc1F.Cl.Cl. The van der Waals surface area contributed by atoms with Crippen molar-refractivity contribution in [2.24, 2.45) is 0 Å². The van der Waals surface area contributed by atoms with Crippen molar-refractivity contribution >= 4 is 30.7 Å². The molecule has 0 N–H and O–H groups in total. The molecular formula is C27H26Cl2F7N3O2. The van der Waals surface area contributed by atoms with Crippen molar-refractivity contribution in [3.05, 3.63) is 94.6 Å². The number of benzene rings is 2. The van der Waals surface area contributed by atoms with Crippen molar-refractivity contribution < 1.29 is 40.3 Å². The number of carbonyl (C=O) groups excluding carboxylic acids is 1. The molecule has 0 bridgehead atoms. The first kappa shape index (κ1) is 34.1. The molecule has 2 heterocycles.